The van der Waals surface area contributed by atoms with Gasteiger partial charge in [-0.2, -0.15) is 0 Å². The molecule has 5 nitrogen and oxygen atoms in total. The Hall–Kier alpha value is -2.02. The van der Waals surface area contributed by atoms with Crippen LogP contribution >= 0.6 is 0 Å². The molecule has 0 aromatic heterocycles. The molecule has 0 bridgehead atoms. The van der Waals surface area contributed by atoms with Crippen molar-refractivity contribution in [3.8, 4) is 0 Å². The third kappa shape index (κ3) is 3.75. The van der Waals surface area contributed by atoms with Crippen LogP contribution in [0.1, 0.15) is 23.2 Å². The molecule has 0 radical (unpaired) electrons. The number of likely N-dealkylation sites (tertiary alicyclic amines) is 1. The Morgan fingerprint density at radius 3 is 2.57 bits per heavy atom. The minimum Gasteiger partial charge on any atom is -0.394 e. The van der Waals surface area contributed by atoms with Crippen LogP contribution in [0.15, 0.2) is 18.2 Å². The Kier molecular flexibility index (Phi) is 4.85. The lowest BCUT2D eigenvalue weighted by Gasteiger charge is -2.23. The Balaban J connectivity index is 1.93. The zero-order chi connectivity index (χ0) is 15.4. The molecule has 114 valence electrons. The van der Waals surface area contributed by atoms with Gasteiger partial charge >= 0.3 is 0 Å². The molecule has 21 heavy (non-hydrogen) atoms. The standard InChI is InChI=1S/C14H16F2N2O3/c15-10-4-9(5-11(16)6-10)14(21)17-7-13(20)18-3-1-2-12(18)8-19/h4-6,12,19H,1-3,7-8H2,(H,17,21)/t12-/m0/s1. The Morgan fingerprint density at radius 1 is 1.29 bits per heavy atom. The lowest BCUT2D eigenvalue weighted by molar-refractivity contribution is -0.131. The molecule has 7 heteroatoms. The van der Waals surface area contributed by atoms with Crippen LogP contribution in [0.4, 0.5) is 8.78 Å². The average Bonchev–Trinajstić information content (AvgIpc) is 2.91. The van der Waals surface area contributed by atoms with Crippen molar-refractivity contribution < 1.29 is 23.5 Å². The van der Waals surface area contributed by atoms with Gasteiger partial charge in [-0.15, -0.1) is 0 Å². The molecule has 1 heterocycles. The normalized spacial score (nSPS) is 17.9. The maximum absolute atomic E-state index is 13.0. The van der Waals surface area contributed by atoms with Gasteiger partial charge in [0.1, 0.15) is 11.6 Å². The van der Waals surface area contributed by atoms with Gasteiger partial charge in [-0.25, -0.2) is 8.78 Å². The molecular weight excluding hydrogens is 282 g/mol. The van der Waals surface area contributed by atoms with E-state index in [1.54, 1.807) is 0 Å². The van der Waals surface area contributed by atoms with Crippen molar-refractivity contribution in [2.75, 3.05) is 19.7 Å². The first-order chi connectivity index (χ1) is 10.0. The molecule has 2 N–H and O–H groups in total. The molecule has 1 atom stereocenters. The molecule has 1 aromatic rings. The summed E-state index contributed by atoms with van der Waals surface area (Å²) in [5.74, 6) is -2.75. The molecule has 1 aliphatic rings. The van der Waals surface area contributed by atoms with E-state index >= 15 is 0 Å². The van der Waals surface area contributed by atoms with Crippen LogP contribution in [0.25, 0.3) is 0 Å². The first-order valence-electron chi connectivity index (χ1n) is 6.66. The molecule has 2 amide bonds. The van der Waals surface area contributed by atoms with Gasteiger partial charge < -0.3 is 15.3 Å². The number of carbonyl (C=O) groups is 2. The van der Waals surface area contributed by atoms with Crippen LogP contribution in [-0.4, -0.2) is 47.6 Å². The highest BCUT2D eigenvalue weighted by molar-refractivity contribution is 5.96. The second-order valence-electron chi connectivity index (χ2n) is 4.91. The number of halogens is 2. The molecule has 0 unspecified atom stereocenters. The fourth-order valence-electron chi connectivity index (χ4n) is 2.40. The van der Waals surface area contributed by atoms with Crippen LogP contribution in [0.5, 0.6) is 0 Å². The van der Waals surface area contributed by atoms with Gasteiger partial charge in [-0.3, -0.25) is 9.59 Å². The third-order valence-electron chi connectivity index (χ3n) is 3.43. The summed E-state index contributed by atoms with van der Waals surface area (Å²) in [6.07, 6.45) is 1.53. The second kappa shape index (κ2) is 6.62. The van der Waals surface area contributed by atoms with E-state index in [-0.39, 0.29) is 30.7 Å². The Bertz CT molecular complexity index is 531. The summed E-state index contributed by atoms with van der Waals surface area (Å²) >= 11 is 0. The zero-order valence-corrected chi connectivity index (χ0v) is 11.3. The van der Waals surface area contributed by atoms with E-state index in [1.165, 1.54) is 4.90 Å². The second-order valence-corrected chi connectivity index (χ2v) is 4.91. The van der Waals surface area contributed by atoms with E-state index in [4.69, 9.17) is 5.11 Å². The van der Waals surface area contributed by atoms with Crippen molar-refractivity contribution in [3.05, 3.63) is 35.4 Å². The van der Waals surface area contributed by atoms with Crippen molar-refractivity contribution >= 4 is 11.8 Å². The van der Waals surface area contributed by atoms with E-state index in [1.807, 2.05) is 0 Å². The molecule has 1 saturated heterocycles. The number of amides is 2. The maximum Gasteiger partial charge on any atom is 0.251 e. The summed E-state index contributed by atoms with van der Waals surface area (Å²) in [5, 5.41) is 11.5. The molecule has 1 aromatic carbocycles. The number of benzene rings is 1. The predicted molar refractivity (Wildman–Crippen MR) is 70.5 cm³/mol. The number of nitrogens with zero attached hydrogens (tertiary/aromatic N) is 1. The lowest BCUT2D eigenvalue weighted by atomic mass is 10.2. The topological polar surface area (TPSA) is 69.6 Å². The van der Waals surface area contributed by atoms with Crippen molar-refractivity contribution in [2.45, 2.75) is 18.9 Å². The zero-order valence-electron chi connectivity index (χ0n) is 11.3. The summed E-state index contributed by atoms with van der Waals surface area (Å²) in [5.41, 5.74) is -0.180. The minimum atomic E-state index is -0.855. The monoisotopic (exact) mass is 298 g/mol. The van der Waals surface area contributed by atoms with Gasteiger partial charge in [0, 0.05) is 18.2 Å². The van der Waals surface area contributed by atoms with Crippen molar-refractivity contribution in [1.29, 1.82) is 0 Å². The van der Waals surface area contributed by atoms with Crippen LogP contribution in [0.2, 0.25) is 0 Å². The number of nitrogens with one attached hydrogen (secondary N) is 1. The Labute approximate surface area is 120 Å². The Morgan fingerprint density at radius 2 is 1.95 bits per heavy atom. The quantitative estimate of drug-likeness (QED) is 0.859. The lowest BCUT2D eigenvalue weighted by Crippen LogP contribution is -2.43. The summed E-state index contributed by atoms with van der Waals surface area (Å²) in [6, 6.07) is 2.24. The van der Waals surface area contributed by atoms with Crippen molar-refractivity contribution in [2.24, 2.45) is 0 Å². The van der Waals surface area contributed by atoms with Gasteiger partial charge in [0.2, 0.25) is 5.91 Å². The van der Waals surface area contributed by atoms with Crippen molar-refractivity contribution in [1.82, 2.24) is 10.2 Å². The number of rotatable bonds is 4. The molecule has 0 spiro atoms. The van der Waals surface area contributed by atoms with E-state index in [9.17, 15) is 18.4 Å². The molecule has 0 saturated carbocycles. The average molecular weight is 298 g/mol. The molecular formula is C14H16F2N2O3. The predicted octanol–water partition coefficient (Wildman–Crippen LogP) is 0.678. The van der Waals surface area contributed by atoms with E-state index in [0.29, 0.717) is 12.6 Å². The maximum atomic E-state index is 13.0. The van der Waals surface area contributed by atoms with E-state index in [2.05, 4.69) is 5.32 Å². The number of aliphatic hydroxyl groups excluding tert-OH is 1. The number of carbonyl (C=O) groups excluding carboxylic acids is 2. The fourth-order valence-corrected chi connectivity index (χ4v) is 2.40. The van der Waals surface area contributed by atoms with Gasteiger partial charge in [0.25, 0.3) is 5.91 Å². The first-order valence-corrected chi connectivity index (χ1v) is 6.66. The molecule has 1 aliphatic heterocycles. The highest BCUT2D eigenvalue weighted by Gasteiger charge is 2.27. The van der Waals surface area contributed by atoms with Gasteiger partial charge in [-0.05, 0) is 25.0 Å². The van der Waals surface area contributed by atoms with Crippen LogP contribution in [-0.2, 0) is 4.79 Å². The highest BCUT2D eigenvalue weighted by atomic mass is 19.1. The number of aliphatic hydroxyl groups is 1. The minimum absolute atomic E-state index is 0.116. The summed E-state index contributed by atoms with van der Waals surface area (Å²) in [7, 11) is 0. The van der Waals surface area contributed by atoms with Gasteiger partial charge in [-0.1, -0.05) is 0 Å². The SMILES string of the molecule is O=C(NCC(=O)N1CCC[C@H]1CO)c1cc(F)cc(F)c1. The number of hydrogen-bond acceptors (Lipinski definition) is 3. The van der Waals surface area contributed by atoms with E-state index < -0.39 is 17.5 Å². The summed E-state index contributed by atoms with van der Waals surface area (Å²) in [4.78, 5) is 25.2. The van der Waals surface area contributed by atoms with Gasteiger partial charge in [0.05, 0.1) is 19.2 Å². The summed E-state index contributed by atoms with van der Waals surface area (Å²) in [6.45, 7) is 0.150. The highest BCUT2D eigenvalue weighted by Crippen LogP contribution is 2.16. The smallest absolute Gasteiger partial charge is 0.251 e. The molecule has 0 aliphatic carbocycles. The first kappa shape index (κ1) is 15.4. The van der Waals surface area contributed by atoms with Crippen LogP contribution in [0.3, 0.4) is 0 Å². The molecule has 2 rings (SSSR count). The van der Waals surface area contributed by atoms with E-state index in [0.717, 1.165) is 25.0 Å². The van der Waals surface area contributed by atoms with Crippen LogP contribution in [0, 0.1) is 11.6 Å². The van der Waals surface area contributed by atoms with Crippen LogP contribution < -0.4 is 5.32 Å². The number of hydrogen-bond donors (Lipinski definition) is 2. The third-order valence-corrected chi connectivity index (χ3v) is 3.43. The molecule has 1 fully saturated rings. The van der Waals surface area contributed by atoms with Gasteiger partial charge in [0.15, 0.2) is 0 Å². The van der Waals surface area contributed by atoms with Crippen molar-refractivity contribution in [3.63, 3.8) is 0 Å². The largest absolute Gasteiger partial charge is 0.394 e. The fraction of sp³-hybridized carbons (Fsp3) is 0.429. The summed E-state index contributed by atoms with van der Waals surface area (Å²) < 4.78 is 26.0.